The number of benzene rings is 2. The fourth-order valence-electron chi connectivity index (χ4n) is 2.99. The van der Waals surface area contributed by atoms with Crippen LogP contribution in [-0.4, -0.2) is 36.9 Å². The zero-order chi connectivity index (χ0) is 19.4. The number of amides is 3. The van der Waals surface area contributed by atoms with Crippen LogP contribution in [0.3, 0.4) is 0 Å². The van der Waals surface area contributed by atoms with Crippen LogP contribution in [-0.2, 0) is 16.0 Å². The Kier molecular flexibility index (Phi) is 5.49. The molecule has 0 aromatic heterocycles. The summed E-state index contributed by atoms with van der Waals surface area (Å²) in [7, 11) is 0. The second-order valence-corrected chi connectivity index (χ2v) is 6.37. The molecule has 140 valence electrons. The maximum atomic E-state index is 13.2. The van der Waals surface area contributed by atoms with E-state index in [0.717, 1.165) is 5.56 Å². The fourth-order valence-corrected chi connectivity index (χ4v) is 2.99. The van der Waals surface area contributed by atoms with Gasteiger partial charge in [-0.3, -0.25) is 14.4 Å². The summed E-state index contributed by atoms with van der Waals surface area (Å²) in [6.07, 6.45) is 0.477. The highest BCUT2D eigenvalue weighted by Crippen LogP contribution is 2.23. The van der Waals surface area contributed by atoms with E-state index in [2.05, 4.69) is 10.6 Å². The van der Waals surface area contributed by atoms with Crippen LogP contribution in [0.5, 0.6) is 0 Å². The van der Waals surface area contributed by atoms with Crippen molar-refractivity contribution in [1.29, 1.82) is 0 Å². The van der Waals surface area contributed by atoms with E-state index in [1.54, 1.807) is 43.3 Å². The third-order valence-electron chi connectivity index (χ3n) is 4.35. The number of fused-ring (bicyclic) bond motifs is 1. The molecule has 1 atom stereocenters. The molecule has 7 heteroatoms. The fraction of sp³-hybridized carbons (Fsp3) is 0.250. The molecule has 0 saturated heterocycles. The van der Waals surface area contributed by atoms with Crippen molar-refractivity contribution in [1.82, 2.24) is 10.6 Å². The second-order valence-electron chi connectivity index (χ2n) is 6.37. The summed E-state index contributed by atoms with van der Waals surface area (Å²) in [5.74, 6) is -1.37. The molecule has 0 radical (unpaired) electrons. The molecule has 1 heterocycles. The molecule has 0 bridgehead atoms. The van der Waals surface area contributed by atoms with Crippen LogP contribution in [0.4, 0.5) is 10.1 Å². The maximum Gasteiger partial charge on any atom is 0.254 e. The van der Waals surface area contributed by atoms with Crippen LogP contribution < -0.4 is 15.5 Å². The molecule has 6 nitrogen and oxygen atoms in total. The molecule has 1 aliphatic heterocycles. The first-order valence-electron chi connectivity index (χ1n) is 8.68. The van der Waals surface area contributed by atoms with Crippen molar-refractivity contribution in [2.45, 2.75) is 19.4 Å². The van der Waals surface area contributed by atoms with Gasteiger partial charge in [-0.1, -0.05) is 24.3 Å². The van der Waals surface area contributed by atoms with Crippen molar-refractivity contribution in [3.63, 3.8) is 0 Å². The van der Waals surface area contributed by atoms with Crippen LogP contribution in [0.25, 0.3) is 0 Å². The van der Waals surface area contributed by atoms with Gasteiger partial charge in [-0.2, -0.15) is 0 Å². The molecule has 1 aliphatic rings. The Morgan fingerprint density at radius 1 is 1.19 bits per heavy atom. The van der Waals surface area contributed by atoms with Crippen LogP contribution in [0.2, 0.25) is 0 Å². The summed E-state index contributed by atoms with van der Waals surface area (Å²) >= 11 is 0. The molecule has 2 aromatic rings. The first-order valence-corrected chi connectivity index (χ1v) is 8.68. The van der Waals surface area contributed by atoms with Gasteiger partial charge < -0.3 is 15.5 Å². The Bertz CT molecular complexity index is 884. The average Bonchev–Trinajstić information content (AvgIpc) is 2.73. The summed E-state index contributed by atoms with van der Waals surface area (Å²) in [5.41, 5.74) is 1.53. The van der Waals surface area contributed by atoms with Crippen molar-refractivity contribution in [2.24, 2.45) is 0 Å². The summed E-state index contributed by atoms with van der Waals surface area (Å²) in [6.45, 7) is 1.71. The highest BCUT2D eigenvalue weighted by Gasteiger charge is 2.31. The summed E-state index contributed by atoms with van der Waals surface area (Å²) in [4.78, 5) is 38.5. The summed E-state index contributed by atoms with van der Waals surface area (Å²) < 4.78 is 13.2. The highest BCUT2D eigenvalue weighted by atomic mass is 19.1. The maximum absolute atomic E-state index is 13.2. The number of hydrogen-bond acceptors (Lipinski definition) is 3. The van der Waals surface area contributed by atoms with E-state index >= 15 is 0 Å². The van der Waals surface area contributed by atoms with E-state index < -0.39 is 6.04 Å². The van der Waals surface area contributed by atoms with Gasteiger partial charge >= 0.3 is 0 Å². The van der Waals surface area contributed by atoms with E-state index in [9.17, 15) is 18.8 Å². The van der Waals surface area contributed by atoms with Gasteiger partial charge in [-0.15, -0.1) is 0 Å². The second kappa shape index (κ2) is 7.99. The lowest BCUT2D eigenvalue weighted by molar-refractivity contribution is -0.124. The lowest BCUT2D eigenvalue weighted by atomic mass is 10.1. The predicted octanol–water partition coefficient (Wildman–Crippen LogP) is 1.65. The number of hydrogen-bond donors (Lipinski definition) is 2. The van der Waals surface area contributed by atoms with Gasteiger partial charge in [0.25, 0.3) is 5.91 Å². The number of nitrogens with one attached hydrogen (secondary N) is 2. The van der Waals surface area contributed by atoms with E-state index in [4.69, 9.17) is 0 Å². The van der Waals surface area contributed by atoms with Gasteiger partial charge in [0.2, 0.25) is 11.8 Å². The smallest absolute Gasteiger partial charge is 0.254 e. The summed E-state index contributed by atoms with van der Waals surface area (Å²) in [5, 5.41) is 5.36. The molecule has 0 spiro atoms. The van der Waals surface area contributed by atoms with Crippen molar-refractivity contribution >= 4 is 23.4 Å². The Morgan fingerprint density at radius 2 is 1.96 bits per heavy atom. The van der Waals surface area contributed by atoms with Crippen molar-refractivity contribution in [3.05, 3.63) is 65.5 Å². The first kappa shape index (κ1) is 18.6. The summed E-state index contributed by atoms with van der Waals surface area (Å²) in [6, 6.07) is 12.1. The van der Waals surface area contributed by atoms with Gasteiger partial charge in [-0.05, 0) is 43.2 Å². The Morgan fingerprint density at radius 3 is 2.74 bits per heavy atom. The molecule has 3 amide bonds. The number of carbonyl (C=O) groups excluding carboxylic acids is 3. The molecular weight excluding hydrogens is 349 g/mol. The molecule has 3 rings (SSSR count). The van der Waals surface area contributed by atoms with Gasteiger partial charge in [-0.25, -0.2) is 4.39 Å². The zero-order valence-corrected chi connectivity index (χ0v) is 14.9. The number of anilines is 1. The van der Waals surface area contributed by atoms with Gasteiger partial charge in [0.15, 0.2) is 0 Å². The molecule has 0 saturated carbocycles. The molecule has 0 aliphatic carbocycles. The quantitative estimate of drug-likeness (QED) is 0.841. The molecule has 0 fully saturated rings. The van der Waals surface area contributed by atoms with Gasteiger partial charge in [0.05, 0.1) is 11.3 Å². The average molecular weight is 369 g/mol. The molecule has 2 aromatic carbocycles. The monoisotopic (exact) mass is 369 g/mol. The van der Waals surface area contributed by atoms with Crippen LogP contribution >= 0.6 is 0 Å². The number of carbonyl (C=O) groups is 3. The number of halogens is 1. The van der Waals surface area contributed by atoms with Crippen molar-refractivity contribution < 1.29 is 18.8 Å². The SMILES string of the molecule is C[C@H]1NC(=O)c2ccccc2N(CC(=O)NCCc2cccc(F)c2)C1=O. The Hall–Kier alpha value is -3.22. The highest BCUT2D eigenvalue weighted by molar-refractivity contribution is 6.12. The Balaban J connectivity index is 1.67. The third kappa shape index (κ3) is 4.31. The predicted molar refractivity (Wildman–Crippen MR) is 98.8 cm³/mol. The molecule has 27 heavy (non-hydrogen) atoms. The molecular formula is C20H20FN3O3. The van der Waals surface area contributed by atoms with E-state index in [-0.39, 0.29) is 30.1 Å². The van der Waals surface area contributed by atoms with Crippen LogP contribution in [0.15, 0.2) is 48.5 Å². The first-order chi connectivity index (χ1) is 13.0. The number of nitrogens with zero attached hydrogens (tertiary/aromatic N) is 1. The van der Waals surface area contributed by atoms with E-state index in [1.807, 2.05) is 0 Å². The lowest BCUT2D eigenvalue weighted by Gasteiger charge is -2.23. The van der Waals surface area contributed by atoms with Gasteiger partial charge in [0, 0.05) is 6.54 Å². The zero-order valence-electron chi connectivity index (χ0n) is 14.9. The van der Waals surface area contributed by atoms with E-state index in [0.29, 0.717) is 24.2 Å². The van der Waals surface area contributed by atoms with Gasteiger partial charge in [0.1, 0.15) is 18.4 Å². The van der Waals surface area contributed by atoms with Crippen LogP contribution in [0.1, 0.15) is 22.8 Å². The number of rotatable bonds is 5. The van der Waals surface area contributed by atoms with Crippen LogP contribution in [0, 0.1) is 5.82 Å². The minimum absolute atomic E-state index is 0.196. The number of para-hydroxylation sites is 1. The van der Waals surface area contributed by atoms with Crippen molar-refractivity contribution in [2.75, 3.05) is 18.0 Å². The largest absolute Gasteiger partial charge is 0.354 e. The molecule has 0 unspecified atom stereocenters. The normalized spacial score (nSPS) is 16.4. The standard InChI is InChI=1S/C20H20FN3O3/c1-13-20(27)24(17-8-3-2-7-16(17)19(26)23-13)12-18(25)22-10-9-14-5-4-6-15(21)11-14/h2-8,11,13H,9-10,12H2,1H3,(H,22,25)(H,23,26)/t13-/m1/s1. The molecule has 2 N–H and O–H groups in total. The van der Waals surface area contributed by atoms with E-state index in [1.165, 1.54) is 17.0 Å². The minimum atomic E-state index is -0.731. The minimum Gasteiger partial charge on any atom is -0.354 e. The lowest BCUT2D eigenvalue weighted by Crippen LogP contribution is -2.47. The topological polar surface area (TPSA) is 78.5 Å². The Labute approximate surface area is 156 Å². The third-order valence-corrected chi connectivity index (χ3v) is 4.35. The van der Waals surface area contributed by atoms with Crippen molar-refractivity contribution in [3.8, 4) is 0 Å².